The van der Waals surface area contributed by atoms with Crippen LogP contribution in [-0.4, -0.2) is 5.91 Å². The molecule has 0 fully saturated rings. The molecule has 0 saturated heterocycles. The van der Waals surface area contributed by atoms with E-state index in [0.29, 0.717) is 17.2 Å². The summed E-state index contributed by atoms with van der Waals surface area (Å²) in [4.78, 5) is 11.4. The van der Waals surface area contributed by atoms with E-state index in [1.807, 2.05) is 24.3 Å². The van der Waals surface area contributed by atoms with Crippen molar-refractivity contribution in [2.24, 2.45) is 5.73 Å². The number of nitrogen functional groups attached to an aromatic ring is 1. The Bertz CT molecular complexity index is 592. The Balaban J connectivity index is 2.34. The molecule has 0 saturated carbocycles. The molecule has 1 amide bonds. The molecule has 4 N–H and O–H groups in total. The lowest BCUT2D eigenvalue weighted by Gasteiger charge is -2.12. The first-order chi connectivity index (χ1) is 9.11. The smallest absolute Gasteiger partial charge is 0.252 e. The van der Waals surface area contributed by atoms with Crippen LogP contribution in [-0.2, 0) is 6.42 Å². The predicted molar refractivity (Wildman–Crippen MR) is 75.3 cm³/mol. The molecule has 98 valence electrons. The Morgan fingerprint density at radius 2 is 1.84 bits per heavy atom. The van der Waals surface area contributed by atoms with E-state index in [2.05, 4.69) is 6.92 Å². The van der Waals surface area contributed by atoms with Gasteiger partial charge in [-0.05, 0) is 36.2 Å². The van der Waals surface area contributed by atoms with Crippen LogP contribution in [0.15, 0.2) is 42.5 Å². The molecule has 0 atom stereocenters. The zero-order valence-electron chi connectivity index (χ0n) is 10.7. The molecule has 0 aliphatic rings. The Morgan fingerprint density at radius 1 is 1.16 bits per heavy atom. The lowest BCUT2D eigenvalue weighted by atomic mass is 10.1. The SMILES string of the molecule is CCc1ccc(Oc2c(N)cccc2C(N)=O)cc1. The third kappa shape index (κ3) is 2.85. The molecular weight excluding hydrogens is 240 g/mol. The van der Waals surface area contributed by atoms with Crippen molar-refractivity contribution in [3.8, 4) is 11.5 Å². The van der Waals surface area contributed by atoms with Gasteiger partial charge in [-0.1, -0.05) is 25.1 Å². The molecule has 0 unspecified atom stereocenters. The highest BCUT2D eigenvalue weighted by Crippen LogP contribution is 2.31. The Kier molecular flexibility index (Phi) is 3.71. The molecule has 0 aromatic heterocycles. The van der Waals surface area contributed by atoms with E-state index < -0.39 is 5.91 Å². The summed E-state index contributed by atoms with van der Waals surface area (Å²) in [6, 6.07) is 12.6. The van der Waals surface area contributed by atoms with E-state index in [1.54, 1.807) is 18.2 Å². The molecule has 0 heterocycles. The number of amides is 1. The second-order valence-electron chi connectivity index (χ2n) is 4.19. The summed E-state index contributed by atoms with van der Waals surface area (Å²) >= 11 is 0. The van der Waals surface area contributed by atoms with Crippen molar-refractivity contribution in [1.29, 1.82) is 0 Å². The number of hydrogen-bond acceptors (Lipinski definition) is 3. The van der Waals surface area contributed by atoms with Gasteiger partial charge in [0.1, 0.15) is 5.75 Å². The van der Waals surface area contributed by atoms with E-state index >= 15 is 0 Å². The fraction of sp³-hybridized carbons (Fsp3) is 0.133. The van der Waals surface area contributed by atoms with Crippen LogP contribution in [0.3, 0.4) is 0 Å². The minimum Gasteiger partial charge on any atom is -0.454 e. The third-order valence-electron chi connectivity index (χ3n) is 2.86. The number of nitrogens with two attached hydrogens (primary N) is 2. The van der Waals surface area contributed by atoms with Gasteiger partial charge in [0.2, 0.25) is 0 Å². The van der Waals surface area contributed by atoms with Gasteiger partial charge in [-0.3, -0.25) is 4.79 Å². The predicted octanol–water partition coefficient (Wildman–Crippen LogP) is 2.72. The van der Waals surface area contributed by atoms with E-state index in [-0.39, 0.29) is 5.56 Å². The fourth-order valence-corrected chi connectivity index (χ4v) is 1.77. The summed E-state index contributed by atoms with van der Waals surface area (Å²) in [6.45, 7) is 2.08. The van der Waals surface area contributed by atoms with E-state index in [4.69, 9.17) is 16.2 Å². The molecular formula is C15H16N2O2. The quantitative estimate of drug-likeness (QED) is 0.825. The number of ether oxygens (including phenoxy) is 1. The van der Waals surface area contributed by atoms with Crippen molar-refractivity contribution in [3.05, 3.63) is 53.6 Å². The second kappa shape index (κ2) is 5.44. The van der Waals surface area contributed by atoms with Gasteiger partial charge in [-0.15, -0.1) is 0 Å². The Labute approximate surface area is 112 Å². The van der Waals surface area contributed by atoms with Crippen LogP contribution in [0.5, 0.6) is 11.5 Å². The first-order valence-corrected chi connectivity index (χ1v) is 6.07. The van der Waals surface area contributed by atoms with Gasteiger partial charge in [0.15, 0.2) is 5.75 Å². The number of benzene rings is 2. The largest absolute Gasteiger partial charge is 0.454 e. The van der Waals surface area contributed by atoms with Crippen molar-refractivity contribution < 1.29 is 9.53 Å². The number of hydrogen-bond donors (Lipinski definition) is 2. The summed E-state index contributed by atoms with van der Waals surface area (Å²) in [5.74, 6) is 0.365. The van der Waals surface area contributed by atoms with Crippen molar-refractivity contribution >= 4 is 11.6 Å². The van der Waals surface area contributed by atoms with Crippen LogP contribution in [0.4, 0.5) is 5.69 Å². The number of anilines is 1. The highest BCUT2D eigenvalue weighted by Gasteiger charge is 2.13. The van der Waals surface area contributed by atoms with Crippen molar-refractivity contribution in [1.82, 2.24) is 0 Å². The van der Waals surface area contributed by atoms with Crippen LogP contribution in [0, 0.1) is 0 Å². The maximum Gasteiger partial charge on any atom is 0.252 e. The van der Waals surface area contributed by atoms with Crippen molar-refractivity contribution in [2.45, 2.75) is 13.3 Å². The number of carbonyl (C=O) groups is 1. The third-order valence-corrected chi connectivity index (χ3v) is 2.86. The number of primary amides is 1. The summed E-state index contributed by atoms with van der Waals surface area (Å²) < 4.78 is 5.68. The van der Waals surface area contributed by atoms with E-state index in [0.717, 1.165) is 6.42 Å². The monoisotopic (exact) mass is 256 g/mol. The molecule has 2 rings (SSSR count). The maximum absolute atomic E-state index is 11.4. The average molecular weight is 256 g/mol. The van der Waals surface area contributed by atoms with Crippen LogP contribution >= 0.6 is 0 Å². The molecule has 0 aliphatic heterocycles. The summed E-state index contributed by atoms with van der Waals surface area (Å²) in [6.07, 6.45) is 0.959. The standard InChI is InChI=1S/C15H16N2O2/c1-2-10-6-8-11(9-7-10)19-14-12(15(17)18)4-3-5-13(14)16/h3-9H,2,16H2,1H3,(H2,17,18). The second-order valence-corrected chi connectivity index (χ2v) is 4.19. The number of para-hydroxylation sites is 1. The van der Waals surface area contributed by atoms with Crippen molar-refractivity contribution in [2.75, 3.05) is 5.73 Å². The Hall–Kier alpha value is -2.49. The Morgan fingerprint density at radius 3 is 2.42 bits per heavy atom. The lowest BCUT2D eigenvalue weighted by Crippen LogP contribution is -2.13. The van der Waals surface area contributed by atoms with Gasteiger partial charge in [0, 0.05) is 0 Å². The van der Waals surface area contributed by atoms with E-state index in [9.17, 15) is 4.79 Å². The van der Waals surface area contributed by atoms with Crippen LogP contribution in [0.2, 0.25) is 0 Å². The first kappa shape index (κ1) is 13.0. The molecule has 2 aromatic carbocycles. The number of carbonyl (C=O) groups excluding carboxylic acids is 1. The molecule has 19 heavy (non-hydrogen) atoms. The first-order valence-electron chi connectivity index (χ1n) is 6.07. The van der Waals surface area contributed by atoms with Gasteiger partial charge in [-0.2, -0.15) is 0 Å². The van der Waals surface area contributed by atoms with Gasteiger partial charge >= 0.3 is 0 Å². The van der Waals surface area contributed by atoms with Crippen LogP contribution in [0.1, 0.15) is 22.8 Å². The lowest BCUT2D eigenvalue weighted by molar-refractivity contribution is 0.0998. The molecule has 2 aromatic rings. The van der Waals surface area contributed by atoms with Gasteiger partial charge < -0.3 is 16.2 Å². The van der Waals surface area contributed by atoms with E-state index in [1.165, 1.54) is 5.56 Å². The molecule has 0 radical (unpaired) electrons. The number of rotatable bonds is 4. The minimum atomic E-state index is -0.563. The molecule has 0 aliphatic carbocycles. The summed E-state index contributed by atoms with van der Waals surface area (Å²) in [5, 5.41) is 0. The molecule has 0 spiro atoms. The van der Waals surface area contributed by atoms with Gasteiger partial charge in [0.05, 0.1) is 11.3 Å². The topological polar surface area (TPSA) is 78.3 Å². The zero-order chi connectivity index (χ0) is 13.8. The molecule has 0 bridgehead atoms. The highest BCUT2D eigenvalue weighted by molar-refractivity contribution is 5.97. The zero-order valence-corrected chi connectivity index (χ0v) is 10.7. The molecule has 4 nitrogen and oxygen atoms in total. The minimum absolute atomic E-state index is 0.277. The van der Waals surface area contributed by atoms with Crippen LogP contribution < -0.4 is 16.2 Å². The summed E-state index contributed by atoms with van der Waals surface area (Å²) in [7, 11) is 0. The van der Waals surface area contributed by atoms with Gasteiger partial charge in [-0.25, -0.2) is 0 Å². The normalized spacial score (nSPS) is 10.2. The number of aryl methyl sites for hydroxylation is 1. The van der Waals surface area contributed by atoms with Crippen LogP contribution in [0.25, 0.3) is 0 Å². The average Bonchev–Trinajstić information content (AvgIpc) is 2.41. The summed E-state index contributed by atoms with van der Waals surface area (Å²) in [5.41, 5.74) is 13.0. The molecule has 4 heteroatoms. The maximum atomic E-state index is 11.4. The van der Waals surface area contributed by atoms with Gasteiger partial charge in [0.25, 0.3) is 5.91 Å². The fourth-order valence-electron chi connectivity index (χ4n) is 1.77. The van der Waals surface area contributed by atoms with Crippen molar-refractivity contribution in [3.63, 3.8) is 0 Å². The highest BCUT2D eigenvalue weighted by atomic mass is 16.5.